The van der Waals surface area contributed by atoms with Crippen molar-refractivity contribution >= 4 is 11.9 Å². The molecular formula is C19H17N5. The van der Waals surface area contributed by atoms with Crippen LogP contribution >= 0.6 is 0 Å². The number of benzene rings is 2. The van der Waals surface area contributed by atoms with E-state index in [-0.39, 0.29) is 0 Å². The van der Waals surface area contributed by atoms with Gasteiger partial charge in [0.2, 0.25) is 0 Å². The number of nitriles is 1. The molecule has 0 atom stereocenters. The van der Waals surface area contributed by atoms with Gasteiger partial charge in [-0.25, -0.2) is 4.98 Å². The fraction of sp³-hybridized carbons (Fsp3) is 0.105. The number of nitrogens with zero attached hydrogens (tertiary/aromatic N) is 3. The Labute approximate surface area is 140 Å². The van der Waals surface area contributed by atoms with Gasteiger partial charge in [-0.05, 0) is 23.8 Å². The van der Waals surface area contributed by atoms with Crippen molar-refractivity contribution in [1.82, 2.24) is 9.55 Å². The molecule has 0 fully saturated rings. The summed E-state index contributed by atoms with van der Waals surface area (Å²) in [6, 6.07) is 17.4. The Morgan fingerprint density at radius 2 is 1.96 bits per heavy atom. The second-order valence-corrected chi connectivity index (χ2v) is 5.41. The van der Waals surface area contributed by atoms with Crippen molar-refractivity contribution in [3.8, 4) is 6.07 Å². The van der Waals surface area contributed by atoms with Crippen LogP contribution in [-0.2, 0) is 13.1 Å². The summed E-state index contributed by atoms with van der Waals surface area (Å²) in [7, 11) is 0. The zero-order valence-electron chi connectivity index (χ0n) is 13.1. The molecule has 5 heteroatoms. The molecule has 0 spiro atoms. The second-order valence-electron chi connectivity index (χ2n) is 5.41. The van der Waals surface area contributed by atoms with Gasteiger partial charge in [0, 0.05) is 30.2 Å². The summed E-state index contributed by atoms with van der Waals surface area (Å²) in [4.78, 5) is 4.23. The largest absolute Gasteiger partial charge is 0.379 e. The lowest BCUT2D eigenvalue weighted by atomic mass is 10.1. The average molecular weight is 315 g/mol. The molecule has 1 heterocycles. The standard InChI is InChI=1S/C19H17N5/c20-9-15-5-7-16(8-6-15)13-24-14-22-11-18(24)12-23-19-4-2-1-3-17(19)10-21/h1-8,10-11,14,21,23H,12-13H2. The Kier molecular flexibility index (Phi) is 4.68. The highest BCUT2D eigenvalue weighted by Crippen LogP contribution is 2.15. The summed E-state index contributed by atoms with van der Waals surface area (Å²) in [5, 5.41) is 19.7. The van der Waals surface area contributed by atoms with E-state index < -0.39 is 0 Å². The second kappa shape index (κ2) is 7.25. The molecule has 0 saturated carbocycles. The maximum atomic E-state index is 8.86. The summed E-state index contributed by atoms with van der Waals surface area (Å²) in [6.45, 7) is 1.33. The number of rotatable bonds is 6. The van der Waals surface area contributed by atoms with Gasteiger partial charge in [-0.1, -0.05) is 30.3 Å². The number of anilines is 1. The van der Waals surface area contributed by atoms with Crippen molar-refractivity contribution in [2.45, 2.75) is 13.1 Å². The van der Waals surface area contributed by atoms with E-state index in [1.807, 2.05) is 54.7 Å². The van der Waals surface area contributed by atoms with Gasteiger partial charge in [-0.3, -0.25) is 0 Å². The molecule has 5 nitrogen and oxygen atoms in total. The van der Waals surface area contributed by atoms with Gasteiger partial charge < -0.3 is 15.3 Å². The van der Waals surface area contributed by atoms with Gasteiger partial charge in [0.1, 0.15) is 0 Å². The van der Waals surface area contributed by atoms with Crippen LogP contribution in [0.3, 0.4) is 0 Å². The molecule has 1 aromatic heterocycles. The quantitative estimate of drug-likeness (QED) is 0.684. The molecular weight excluding hydrogens is 298 g/mol. The third-order valence-corrected chi connectivity index (χ3v) is 3.81. The number of hydrogen-bond acceptors (Lipinski definition) is 4. The average Bonchev–Trinajstić information content (AvgIpc) is 3.08. The monoisotopic (exact) mass is 315 g/mol. The maximum absolute atomic E-state index is 8.86. The van der Waals surface area contributed by atoms with E-state index in [0.29, 0.717) is 18.7 Å². The van der Waals surface area contributed by atoms with Gasteiger partial charge in [0.15, 0.2) is 0 Å². The van der Waals surface area contributed by atoms with Crippen LogP contribution < -0.4 is 5.32 Å². The Morgan fingerprint density at radius 3 is 2.71 bits per heavy atom. The molecule has 0 aliphatic rings. The molecule has 3 rings (SSSR count). The highest BCUT2D eigenvalue weighted by atomic mass is 15.1. The molecule has 0 bridgehead atoms. The summed E-state index contributed by atoms with van der Waals surface area (Å²) < 4.78 is 2.07. The van der Waals surface area contributed by atoms with Crippen LogP contribution in [-0.4, -0.2) is 15.8 Å². The number of aromatic nitrogens is 2. The molecule has 2 N–H and O–H groups in total. The van der Waals surface area contributed by atoms with E-state index in [1.165, 1.54) is 6.21 Å². The number of imidazole rings is 1. The third-order valence-electron chi connectivity index (χ3n) is 3.81. The van der Waals surface area contributed by atoms with Crippen LogP contribution in [0.4, 0.5) is 5.69 Å². The first kappa shape index (κ1) is 15.5. The van der Waals surface area contributed by atoms with E-state index in [1.54, 1.807) is 6.33 Å². The molecule has 0 amide bonds. The SMILES string of the molecule is N#Cc1ccc(Cn2cncc2CNc2ccccc2C=N)cc1. The first-order valence-corrected chi connectivity index (χ1v) is 7.61. The van der Waals surface area contributed by atoms with Crippen LogP contribution in [0.5, 0.6) is 0 Å². The van der Waals surface area contributed by atoms with E-state index in [4.69, 9.17) is 10.7 Å². The highest BCUT2D eigenvalue weighted by Gasteiger charge is 2.05. The Hall–Kier alpha value is -3.39. The molecule has 0 aliphatic heterocycles. The number of hydrogen-bond donors (Lipinski definition) is 2. The molecule has 3 aromatic rings. The first-order chi connectivity index (χ1) is 11.8. The predicted molar refractivity (Wildman–Crippen MR) is 94.1 cm³/mol. The van der Waals surface area contributed by atoms with E-state index in [9.17, 15) is 0 Å². The zero-order valence-corrected chi connectivity index (χ0v) is 13.1. The van der Waals surface area contributed by atoms with Gasteiger partial charge in [0.05, 0.1) is 30.2 Å². The lowest BCUT2D eigenvalue weighted by Crippen LogP contribution is -2.09. The van der Waals surface area contributed by atoms with Crippen LogP contribution in [0.1, 0.15) is 22.4 Å². The summed E-state index contributed by atoms with van der Waals surface area (Å²) in [5.41, 5.74) is 4.62. The van der Waals surface area contributed by atoms with Gasteiger partial charge >= 0.3 is 0 Å². The van der Waals surface area contributed by atoms with Crippen molar-refractivity contribution < 1.29 is 0 Å². The van der Waals surface area contributed by atoms with Crippen LogP contribution in [0.25, 0.3) is 0 Å². The van der Waals surface area contributed by atoms with Gasteiger partial charge in [-0.2, -0.15) is 5.26 Å². The third kappa shape index (κ3) is 3.50. The van der Waals surface area contributed by atoms with Gasteiger partial charge in [0.25, 0.3) is 0 Å². The molecule has 0 radical (unpaired) electrons. The van der Waals surface area contributed by atoms with Crippen LogP contribution in [0.2, 0.25) is 0 Å². The molecule has 118 valence electrons. The fourth-order valence-corrected chi connectivity index (χ4v) is 2.49. The van der Waals surface area contributed by atoms with Crippen LogP contribution in [0, 0.1) is 16.7 Å². The lowest BCUT2D eigenvalue weighted by Gasteiger charge is -2.12. The first-order valence-electron chi connectivity index (χ1n) is 7.61. The summed E-state index contributed by atoms with van der Waals surface area (Å²) >= 11 is 0. The molecule has 2 aromatic carbocycles. The lowest BCUT2D eigenvalue weighted by molar-refractivity contribution is 0.749. The number of para-hydroxylation sites is 1. The zero-order chi connectivity index (χ0) is 16.8. The molecule has 0 saturated heterocycles. The van der Waals surface area contributed by atoms with E-state index in [0.717, 1.165) is 22.5 Å². The molecule has 0 aliphatic carbocycles. The minimum absolute atomic E-state index is 0.626. The Balaban J connectivity index is 1.71. The van der Waals surface area contributed by atoms with Crippen molar-refractivity contribution in [3.63, 3.8) is 0 Å². The van der Waals surface area contributed by atoms with E-state index >= 15 is 0 Å². The van der Waals surface area contributed by atoms with Crippen molar-refractivity contribution in [3.05, 3.63) is 83.4 Å². The summed E-state index contributed by atoms with van der Waals surface area (Å²) in [5.74, 6) is 0. The Morgan fingerprint density at radius 1 is 1.17 bits per heavy atom. The normalized spacial score (nSPS) is 10.1. The van der Waals surface area contributed by atoms with Crippen LogP contribution in [0.15, 0.2) is 61.1 Å². The minimum Gasteiger partial charge on any atom is -0.379 e. The van der Waals surface area contributed by atoms with Crippen molar-refractivity contribution in [1.29, 1.82) is 10.7 Å². The topological polar surface area (TPSA) is 77.5 Å². The van der Waals surface area contributed by atoms with Crippen molar-refractivity contribution in [2.75, 3.05) is 5.32 Å². The molecule has 24 heavy (non-hydrogen) atoms. The smallest absolute Gasteiger partial charge is 0.0991 e. The fourth-order valence-electron chi connectivity index (χ4n) is 2.49. The van der Waals surface area contributed by atoms with Gasteiger partial charge in [-0.15, -0.1) is 0 Å². The highest BCUT2D eigenvalue weighted by molar-refractivity contribution is 5.85. The maximum Gasteiger partial charge on any atom is 0.0991 e. The minimum atomic E-state index is 0.626. The number of nitrogens with one attached hydrogen (secondary N) is 2. The Bertz CT molecular complexity index is 871. The van der Waals surface area contributed by atoms with E-state index in [2.05, 4.69) is 20.9 Å². The predicted octanol–water partition coefficient (Wildman–Crippen LogP) is 3.41. The molecule has 0 unspecified atom stereocenters. The summed E-state index contributed by atoms with van der Waals surface area (Å²) in [6.07, 6.45) is 4.98. The van der Waals surface area contributed by atoms with Crippen molar-refractivity contribution in [2.24, 2.45) is 0 Å².